The molecule has 1 saturated heterocycles. The van der Waals surface area contributed by atoms with E-state index >= 15 is 0 Å². The lowest BCUT2D eigenvalue weighted by Crippen LogP contribution is -2.26. The van der Waals surface area contributed by atoms with Gasteiger partial charge in [0, 0.05) is 14.1 Å². The van der Waals surface area contributed by atoms with Gasteiger partial charge in [0.15, 0.2) is 16.6 Å². The highest BCUT2D eigenvalue weighted by Gasteiger charge is 2.32. The van der Waals surface area contributed by atoms with Crippen molar-refractivity contribution in [3.8, 4) is 11.5 Å². The lowest BCUT2D eigenvalue weighted by molar-refractivity contribution is -0.121. The molecule has 4 rings (SSSR count). The monoisotopic (exact) mass is 432 g/mol. The van der Waals surface area contributed by atoms with E-state index in [1.54, 1.807) is 19.0 Å². The van der Waals surface area contributed by atoms with E-state index in [9.17, 15) is 4.79 Å². The third-order valence-electron chi connectivity index (χ3n) is 5.24. The van der Waals surface area contributed by atoms with Crippen molar-refractivity contribution in [3.05, 3.63) is 77.5 Å². The normalized spacial score (nSPS) is 15.3. The Balaban J connectivity index is 1.56. The van der Waals surface area contributed by atoms with Gasteiger partial charge in [-0.15, -0.1) is 0 Å². The number of thiocarbonyl (C=S) groups is 1. The fraction of sp³-hybridized carbons (Fsp3) is 0.200. The smallest absolute Gasteiger partial charge is 0.276 e. The van der Waals surface area contributed by atoms with E-state index in [1.165, 1.54) is 15.7 Å². The number of benzene rings is 3. The van der Waals surface area contributed by atoms with E-state index in [4.69, 9.17) is 21.7 Å². The van der Waals surface area contributed by atoms with Gasteiger partial charge >= 0.3 is 0 Å². The van der Waals surface area contributed by atoms with Crippen LogP contribution in [0.15, 0.2) is 66.4 Å². The van der Waals surface area contributed by atoms with E-state index in [1.807, 2.05) is 43.3 Å². The summed E-state index contributed by atoms with van der Waals surface area (Å²) >= 11 is 5.28. The Bertz CT molecular complexity index is 1190. The minimum absolute atomic E-state index is 0.123. The summed E-state index contributed by atoms with van der Waals surface area (Å²) in [4.78, 5) is 15.6. The minimum Gasteiger partial charge on any atom is -0.490 e. The van der Waals surface area contributed by atoms with Crippen LogP contribution in [-0.4, -0.2) is 41.5 Å². The summed E-state index contributed by atoms with van der Waals surface area (Å²) in [5.74, 6) is 1.18. The van der Waals surface area contributed by atoms with E-state index < -0.39 is 0 Å². The summed E-state index contributed by atoms with van der Waals surface area (Å²) in [6.07, 6.45) is 1.81. The first-order valence-corrected chi connectivity index (χ1v) is 10.5. The van der Waals surface area contributed by atoms with Crippen LogP contribution >= 0.6 is 12.2 Å². The Morgan fingerprint density at radius 1 is 0.903 bits per heavy atom. The summed E-state index contributed by atoms with van der Waals surface area (Å²) in [5, 5.41) is 2.87. The van der Waals surface area contributed by atoms with Crippen LogP contribution in [0.3, 0.4) is 0 Å². The number of nitrogens with zero attached hydrogens (tertiary/aromatic N) is 2. The number of fused-ring (bicyclic) bond motifs is 1. The molecule has 1 aliphatic heterocycles. The Labute approximate surface area is 187 Å². The van der Waals surface area contributed by atoms with Gasteiger partial charge in [-0.1, -0.05) is 42.5 Å². The first-order valence-electron chi connectivity index (χ1n) is 10.1. The summed E-state index contributed by atoms with van der Waals surface area (Å²) in [5.41, 5.74) is 2.46. The number of carbonyl (C=O) groups is 1. The van der Waals surface area contributed by atoms with Gasteiger partial charge < -0.3 is 14.4 Å². The number of ether oxygens (including phenoxy) is 2. The molecule has 5 nitrogen and oxygen atoms in total. The molecule has 0 saturated carbocycles. The van der Waals surface area contributed by atoms with Crippen molar-refractivity contribution in [2.24, 2.45) is 0 Å². The van der Waals surface area contributed by atoms with Crippen molar-refractivity contribution >= 4 is 40.1 Å². The molecule has 3 aromatic carbocycles. The predicted octanol–water partition coefficient (Wildman–Crippen LogP) is 4.85. The maximum Gasteiger partial charge on any atom is 0.276 e. The van der Waals surface area contributed by atoms with Crippen LogP contribution in [0, 0.1) is 0 Å². The average molecular weight is 433 g/mol. The summed E-state index contributed by atoms with van der Waals surface area (Å²) < 4.78 is 11.9. The Morgan fingerprint density at radius 2 is 1.68 bits per heavy atom. The molecule has 0 spiro atoms. The lowest BCUT2D eigenvalue weighted by atomic mass is 10.1. The molecule has 0 atom stereocenters. The molecule has 1 fully saturated rings. The van der Waals surface area contributed by atoms with Gasteiger partial charge in [-0.3, -0.25) is 9.69 Å². The Kier molecular flexibility index (Phi) is 5.91. The number of rotatable bonds is 6. The second-order valence-electron chi connectivity index (χ2n) is 7.34. The fourth-order valence-electron chi connectivity index (χ4n) is 3.54. The third-order valence-corrected chi connectivity index (χ3v) is 5.79. The standard InChI is InChI=1S/C25H24N2O3S/c1-4-29-23-15-17(14-21-24(28)27(3)25(31)26(21)2)10-12-22(23)30-16-18-9-11-19-7-5-6-8-20(19)13-18/h5-15H,4,16H2,1-3H3/b21-14-. The summed E-state index contributed by atoms with van der Waals surface area (Å²) in [7, 11) is 3.47. The van der Waals surface area contributed by atoms with Gasteiger partial charge in [0.05, 0.1) is 6.61 Å². The highest BCUT2D eigenvalue weighted by molar-refractivity contribution is 7.80. The maximum absolute atomic E-state index is 12.4. The molecule has 158 valence electrons. The van der Waals surface area contributed by atoms with Crippen LogP contribution in [0.2, 0.25) is 0 Å². The molecule has 0 unspecified atom stereocenters. The molecular weight excluding hydrogens is 408 g/mol. The van der Waals surface area contributed by atoms with Crippen molar-refractivity contribution in [1.82, 2.24) is 9.80 Å². The number of hydrogen-bond donors (Lipinski definition) is 0. The fourth-order valence-corrected chi connectivity index (χ4v) is 3.72. The molecule has 0 bridgehead atoms. The average Bonchev–Trinajstić information content (AvgIpc) is 2.96. The molecule has 6 heteroatoms. The van der Waals surface area contributed by atoms with Gasteiger partial charge in [0.2, 0.25) is 0 Å². The molecule has 1 heterocycles. The predicted molar refractivity (Wildman–Crippen MR) is 127 cm³/mol. The van der Waals surface area contributed by atoms with Gasteiger partial charge in [0.25, 0.3) is 5.91 Å². The highest BCUT2D eigenvalue weighted by atomic mass is 32.1. The van der Waals surface area contributed by atoms with Crippen LogP contribution in [0.1, 0.15) is 18.1 Å². The topological polar surface area (TPSA) is 42.0 Å². The maximum atomic E-state index is 12.4. The van der Waals surface area contributed by atoms with Gasteiger partial charge in [-0.05, 0) is 65.3 Å². The van der Waals surface area contributed by atoms with Crippen LogP contribution < -0.4 is 9.47 Å². The largest absolute Gasteiger partial charge is 0.490 e. The van der Waals surface area contributed by atoms with E-state index in [-0.39, 0.29) is 5.91 Å². The second kappa shape index (κ2) is 8.78. The zero-order valence-corrected chi connectivity index (χ0v) is 18.6. The first-order chi connectivity index (χ1) is 15.0. The van der Waals surface area contributed by atoms with Crippen LogP contribution in [-0.2, 0) is 11.4 Å². The molecule has 0 aromatic heterocycles. The Hall–Kier alpha value is -3.38. The SMILES string of the molecule is CCOc1cc(/C=C2/C(=O)N(C)C(=S)N2C)ccc1OCc1ccc2ccccc2c1. The quantitative estimate of drug-likeness (QED) is 0.412. The van der Waals surface area contributed by atoms with E-state index in [2.05, 4.69) is 30.3 Å². The molecule has 0 radical (unpaired) electrons. The minimum atomic E-state index is -0.123. The van der Waals surface area contributed by atoms with Crippen molar-refractivity contribution < 1.29 is 14.3 Å². The van der Waals surface area contributed by atoms with Crippen LogP contribution in [0.4, 0.5) is 0 Å². The number of likely N-dealkylation sites (N-methyl/N-ethyl adjacent to an activating group) is 2. The van der Waals surface area contributed by atoms with Crippen LogP contribution in [0.25, 0.3) is 16.8 Å². The van der Waals surface area contributed by atoms with Gasteiger partial charge in [-0.25, -0.2) is 0 Å². The molecular formula is C25H24N2O3S. The lowest BCUT2D eigenvalue weighted by Gasteiger charge is -2.14. The van der Waals surface area contributed by atoms with E-state index in [0.29, 0.717) is 35.5 Å². The van der Waals surface area contributed by atoms with Crippen molar-refractivity contribution in [2.75, 3.05) is 20.7 Å². The van der Waals surface area contributed by atoms with Gasteiger partial charge in [0.1, 0.15) is 12.3 Å². The first kappa shape index (κ1) is 20.9. The number of hydrogen-bond acceptors (Lipinski definition) is 4. The van der Waals surface area contributed by atoms with E-state index in [0.717, 1.165) is 11.1 Å². The zero-order valence-electron chi connectivity index (χ0n) is 17.8. The number of amides is 1. The van der Waals surface area contributed by atoms with Gasteiger partial charge in [-0.2, -0.15) is 0 Å². The highest BCUT2D eigenvalue weighted by Crippen LogP contribution is 2.31. The Morgan fingerprint density at radius 3 is 2.39 bits per heavy atom. The van der Waals surface area contributed by atoms with Crippen molar-refractivity contribution in [2.45, 2.75) is 13.5 Å². The molecule has 3 aromatic rings. The molecule has 0 aliphatic carbocycles. The molecule has 1 aliphatic rings. The van der Waals surface area contributed by atoms with Crippen molar-refractivity contribution in [1.29, 1.82) is 0 Å². The van der Waals surface area contributed by atoms with Crippen LogP contribution in [0.5, 0.6) is 11.5 Å². The summed E-state index contributed by atoms with van der Waals surface area (Å²) in [6.45, 7) is 2.88. The molecule has 31 heavy (non-hydrogen) atoms. The van der Waals surface area contributed by atoms with Crippen molar-refractivity contribution in [3.63, 3.8) is 0 Å². The third kappa shape index (κ3) is 4.25. The zero-order chi connectivity index (χ0) is 22.0. The molecule has 0 N–H and O–H groups in total. The summed E-state index contributed by atoms with van der Waals surface area (Å²) in [6, 6.07) is 20.2. The number of carbonyl (C=O) groups excluding carboxylic acids is 1. The molecule has 1 amide bonds. The second-order valence-corrected chi connectivity index (χ2v) is 7.71.